The van der Waals surface area contributed by atoms with Gasteiger partial charge in [-0.15, -0.1) is 0 Å². The van der Waals surface area contributed by atoms with E-state index in [-0.39, 0.29) is 13.2 Å². The Labute approximate surface area is 66.5 Å². The van der Waals surface area contributed by atoms with Gasteiger partial charge in [0.05, 0.1) is 18.6 Å². The van der Waals surface area contributed by atoms with E-state index in [2.05, 4.69) is 0 Å². The maximum atomic E-state index is 10.0. The average Bonchev–Trinajstić information content (AvgIpc) is 1.87. The van der Waals surface area contributed by atoms with Crippen molar-refractivity contribution in [1.29, 1.82) is 0 Å². The maximum absolute atomic E-state index is 10.0. The topological polar surface area (TPSA) is 77.8 Å². The molecule has 0 aliphatic heterocycles. The molecule has 0 aromatic heterocycles. The third-order valence-electron chi connectivity index (χ3n) is 0.742. The predicted molar refractivity (Wildman–Crippen MR) is 41.3 cm³/mol. The lowest BCUT2D eigenvalue weighted by Crippen LogP contribution is -2.18. The van der Waals surface area contributed by atoms with Gasteiger partial charge in [0, 0.05) is 0 Å². The second kappa shape index (κ2) is 6.12. The lowest BCUT2D eigenvalue weighted by atomic mass is 9.98. The fourth-order valence-corrected chi connectivity index (χ4v) is 0. The second-order valence-electron chi connectivity index (χ2n) is 3.00. The molecule has 0 aromatic rings. The minimum Gasteiger partial charge on any atom is -0.481 e. The van der Waals surface area contributed by atoms with Crippen molar-refractivity contribution in [3.05, 3.63) is 0 Å². The van der Waals surface area contributed by atoms with E-state index in [1.165, 1.54) is 0 Å². The molecule has 11 heavy (non-hydrogen) atoms. The van der Waals surface area contributed by atoms with Gasteiger partial charge in [0.25, 0.3) is 0 Å². The van der Waals surface area contributed by atoms with Crippen LogP contribution in [-0.2, 0) is 4.79 Å². The summed E-state index contributed by atoms with van der Waals surface area (Å²) in [5, 5.41) is 23.5. The molecule has 0 bridgehead atoms. The number of aliphatic carboxylic acids is 1. The third-order valence-corrected chi connectivity index (χ3v) is 0.742. The highest BCUT2D eigenvalue weighted by Crippen LogP contribution is 2.11. The van der Waals surface area contributed by atoms with Crippen LogP contribution < -0.4 is 0 Å². The quantitative estimate of drug-likeness (QED) is 0.513. The molecular formula is C7H16O4. The smallest absolute Gasteiger partial charge is 0.308 e. The number of hydrogen-bond donors (Lipinski definition) is 3. The molecule has 4 nitrogen and oxygen atoms in total. The zero-order valence-corrected chi connectivity index (χ0v) is 7.16. The van der Waals surface area contributed by atoms with Crippen LogP contribution in [0.1, 0.15) is 20.8 Å². The van der Waals surface area contributed by atoms with E-state index >= 15 is 0 Å². The van der Waals surface area contributed by atoms with Gasteiger partial charge in [-0.3, -0.25) is 4.79 Å². The molecule has 0 saturated carbocycles. The highest BCUT2D eigenvalue weighted by Gasteiger charge is 2.18. The number of carboxylic acids is 1. The number of carbonyl (C=O) groups is 1. The Kier molecular flexibility index (Phi) is 7.24. The summed E-state index contributed by atoms with van der Waals surface area (Å²) in [4.78, 5) is 10.0. The Morgan fingerprint density at radius 1 is 1.18 bits per heavy atom. The summed E-state index contributed by atoms with van der Waals surface area (Å²) in [7, 11) is 0. The first-order valence-corrected chi connectivity index (χ1v) is 3.31. The van der Waals surface area contributed by atoms with Crippen LogP contribution in [0.15, 0.2) is 0 Å². The van der Waals surface area contributed by atoms with Crippen molar-refractivity contribution in [1.82, 2.24) is 0 Å². The minimum atomic E-state index is -0.757. The van der Waals surface area contributed by atoms with Crippen LogP contribution in [0.5, 0.6) is 0 Å². The summed E-state index contributed by atoms with van der Waals surface area (Å²) in [6.45, 7) is 4.74. The molecule has 0 heterocycles. The summed E-state index contributed by atoms with van der Waals surface area (Å²) < 4.78 is 0. The van der Waals surface area contributed by atoms with Gasteiger partial charge in [-0.2, -0.15) is 0 Å². The second-order valence-corrected chi connectivity index (χ2v) is 3.00. The molecule has 68 valence electrons. The molecule has 3 N–H and O–H groups in total. The first-order chi connectivity index (χ1) is 4.86. The van der Waals surface area contributed by atoms with Gasteiger partial charge >= 0.3 is 5.97 Å². The maximum Gasteiger partial charge on any atom is 0.308 e. The summed E-state index contributed by atoms with van der Waals surface area (Å²) in [6, 6.07) is 0. The number of hydrogen-bond acceptors (Lipinski definition) is 3. The van der Waals surface area contributed by atoms with Crippen molar-refractivity contribution in [2.45, 2.75) is 20.8 Å². The van der Waals surface area contributed by atoms with Crippen molar-refractivity contribution in [2.24, 2.45) is 5.41 Å². The molecule has 0 fully saturated rings. The fourth-order valence-electron chi connectivity index (χ4n) is 0. The van der Waals surface area contributed by atoms with E-state index in [1.54, 1.807) is 20.8 Å². The van der Waals surface area contributed by atoms with E-state index in [0.717, 1.165) is 0 Å². The van der Waals surface area contributed by atoms with Crippen LogP contribution in [0.2, 0.25) is 0 Å². The number of aliphatic hydroxyl groups is 2. The molecule has 0 atom stereocenters. The van der Waals surface area contributed by atoms with Crippen LogP contribution in [-0.4, -0.2) is 34.5 Å². The van der Waals surface area contributed by atoms with Crippen LogP contribution in [0.3, 0.4) is 0 Å². The van der Waals surface area contributed by atoms with Gasteiger partial charge in [0.1, 0.15) is 0 Å². The number of carboxylic acid groups (broad SMARTS) is 1. The first kappa shape index (κ1) is 13.0. The van der Waals surface area contributed by atoms with Gasteiger partial charge < -0.3 is 15.3 Å². The van der Waals surface area contributed by atoms with Crippen LogP contribution in [0.4, 0.5) is 0 Å². The van der Waals surface area contributed by atoms with Crippen molar-refractivity contribution in [3.63, 3.8) is 0 Å². The largest absolute Gasteiger partial charge is 0.481 e. The number of aliphatic hydroxyl groups excluding tert-OH is 2. The summed E-state index contributed by atoms with van der Waals surface area (Å²) >= 11 is 0. The van der Waals surface area contributed by atoms with Crippen molar-refractivity contribution in [2.75, 3.05) is 13.2 Å². The van der Waals surface area contributed by atoms with Crippen LogP contribution in [0, 0.1) is 5.41 Å². The van der Waals surface area contributed by atoms with Gasteiger partial charge in [0.2, 0.25) is 0 Å². The van der Waals surface area contributed by atoms with E-state index in [1.807, 2.05) is 0 Å². The van der Waals surface area contributed by atoms with Crippen molar-refractivity contribution in [3.8, 4) is 0 Å². The molecule has 0 unspecified atom stereocenters. The molecule has 0 aliphatic carbocycles. The number of rotatable bonds is 1. The normalized spacial score (nSPS) is 9.91. The van der Waals surface area contributed by atoms with Crippen molar-refractivity contribution >= 4 is 5.97 Å². The average molecular weight is 164 g/mol. The van der Waals surface area contributed by atoms with E-state index in [0.29, 0.717) is 0 Å². The highest BCUT2D eigenvalue weighted by atomic mass is 16.4. The monoisotopic (exact) mass is 164 g/mol. The van der Waals surface area contributed by atoms with Crippen LogP contribution in [0.25, 0.3) is 0 Å². The molecule has 4 heteroatoms. The highest BCUT2D eigenvalue weighted by molar-refractivity contribution is 5.72. The lowest BCUT2D eigenvalue weighted by molar-refractivity contribution is -0.145. The Bertz CT molecular complexity index is 101. The van der Waals surface area contributed by atoms with Crippen LogP contribution >= 0.6 is 0 Å². The molecule has 0 radical (unpaired) electrons. The predicted octanol–water partition coefficient (Wildman–Crippen LogP) is 0.0881. The molecule has 0 aromatic carbocycles. The SMILES string of the molecule is CC(C)(C)C(=O)O.OCCO. The Morgan fingerprint density at radius 3 is 1.36 bits per heavy atom. The summed E-state index contributed by atoms with van der Waals surface area (Å²) in [5.74, 6) is -0.757. The molecule has 0 amide bonds. The van der Waals surface area contributed by atoms with Gasteiger partial charge in [-0.1, -0.05) is 0 Å². The van der Waals surface area contributed by atoms with E-state index in [9.17, 15) is 4.79 Å². The Hall–Kier alpha value is -0.610. The third kappa shape index (κ3) is 12.6. The van der Waals surface area contributed by atoms with Gasteiger partial charge in [0.15, 0.2) is 0 Å². The zero-order chi connectivity index (χ0) is 9.49. The van der Waals surface area contributed by atoms with Gasteiger partial charge in [-0.25, -0.2) is 0 Å². The Balaban J connectivity index is 0. The lowest BCUT2D eigenvalue weighted by Gasteiger charge is -2.08. The fraction of sp³-hybridized carbons (Fsp3) is 0.857. The summed E-state index contributed by atoms with van der Waals surface area (Å²) in [6.07, 6.45) is 0. The molecule has 0 rings (SSSR count). The van der Waals surface area contributed by atoms with Gasteiger partial charge in [-0.05, 0) is 20.8 Å². The van der Waals surface area contributed by atoms with Crippen molar-refractivity contribution < 1.29 is 20.1 Å². The minimum absolute atomic E-state index is 0.125. The van der Waals surface area contributed by atoms with E-state index in [4.69, 9.17) is 15.3 Å². The Morgan fingerprint density at radius 2 is 1.36 bits per heavy atom. The zero-order valence-electron chi connectivity index (χ0n) is 7.16. The first-order valence-electron chi connectivity index (χ1n) is 3.31. The van der Waals surface area contributed by atoms with E-state index < -0.39 is 11.4 Å². The molecular weight excluding hydrogens is 148 g/mol. The molecule has 0 aliphatic rings. The summed E-state index contributed by atoms with van der Waals surface area (Å²) in [5.41, 5.74) is -0.583. The standard InChI is InChI=1S/C5H10O2.C2H6O2/c1-5(2,3)4(6)7;3-1-2-4/h1-3H3,(H,6,7);3-4H,1-2H2. The molecule has 0 saturated heterocycles. The molecule has 0 spiro atoms.